The average molecular weight is 291 g/mol. The molecule has 1 aliphatic rings. The predicted octanol–water partition coefficient (Wildman–Crippen LogP) is 2.29. The molecule has 0 aliphatic heterocycles. The van der Waals surface area contributed by atoms with E-state index in [9.17, 15) is 9.59 Å². The molecule has 0 spiro atoms. The van der Waals surface area contributed by atoms with E-state index in [4.69, 9.17) is 11.6 Å². The summed E-state index contributed by atoms with van der Waals surface area (Å²) in [5, 5.41) is 0.157. The smallest absolute Gasteiger partial charge is 0.297 e. The number of aryl methyl sites for hydroxylation is 1. The fraction of sp³-hybridized carbons (Fsp3) is 0.333. The molecule has 0 fully saturated rings. The number of aromatic nitrogens is 2. The van der Waals surface area contributed by atoms with E-state index in [1.165, 1.54) is 10.1 Å². The summed E-state index contributed by atoms with van der Waals surface area (Å²) >= 11 is 5.94. The molecule has 1 atom stereocenters. The van der Waals surface area contributed by atoms with Gasteiger partial charge in [0.2, 0.25) is 0 Å². The number of fused-ring (bicyclic) bond motifs is 1. The van der Waals surface area contributed by atoms with Crippen molar-refractivity contribution in [2.45, 2.75) is 32.2 Å². The van der Waals surface area contributed by atoms with Crippen molar-refractivity contribution >= 4 is 11.6 Å². The number of benzene rings is 1. The average Bonchev–Trinajstić information content (AvgIpc) is 2.83. The lowest BCUT2D eigenvalue weighted by Gasteiger charge is -2.15. The van der Waals surface area contributed by atoms with Gasteiger partial charge in [-0.25, -0.2) is 4.79 Å². The molecule has 5 heteroatoms. The second-order valence-electron chi connectivity index (χ2n) is 5.00. The maximum absolute atomic E-state index is 12.5. The van der Waals surface area contributed by atoms with Gasteiger partial charge in [0.1, 0.15) is 5.15 Å². The molecule has 1 aromatic carbocycles. The number of H-pyrrole nitrogens is 1. The fourth-order valence-electron chi connectivity index (χ4n) is 2.95. The van der Waals surface area contributed by atoms with Gasteiger partial charge < -0.3 is 0 Å². The summed E-state index contributed by atoms with van der Waals surface area (Å²) in [4.78, 5) is 27.2. The molecule has 104 valence electrons. The Bertz CT molecular complexity index is 776. The van der Waals surface area contributed by atoms with Crippen molar-refractivity contribution in [3.8, 4) is 0 Å². The first-order valence-electron chi connectivity index (χ1n) is 6.74. The Labute approximate surface area is 121 Å². The topological polar surface area (TPSA) is 54.9 Å². The molecular weight excluding hydrogens is 276 g/mol. The first kappa shape index (κ1) is 13.2. The highest BCUT2D eigenvalue weighted by Crippen LogP contribution is 2.32. The SMILES string of the molecule is CCc1c(Cl)[nH]c(=O)n(C2CCc3ccccc32)c1=O. The van der Waals surface area contributed by atoms with E-state index in [2.05, 4.69) is 4.98 Å². The molecular formula is C15H15ClN2O2. The van der Waals surface area contributed by atoms with Gasteiger partial charge >= 0.3 is 5.69 Å². The van der Waals surface area contributed by atoms with Crippen molar-refractivity contribution in [1.29, 1.82) is 0 Å². The third kappa shape index (κ3) is 1.91. The lowest BCUT2D eigenvalue weighted by Crippen LogP contribution is -2.39. The van der Waals surface area contributed by atoms with Crippen LogP contribution in [0, 0.1) is 0 Å². The van der Waals surface area contributed by atoms with Crippen LogP contribution in [0.2, 0.25) is 5.15 Å². The summed E-state index contributed by atoms with van der Waals surface area (Å²) in [6, 6.07) is 7.76. The third-order valence-electron chi connectivity index (χ3n) is 3.94. The number of hydrogen-bond donors (Lipinski definition) is 1. The molecule has 0 bridgehead atoms. The number of rotatable bonds is 2. The van der Waals surface area contributed by atoms with Crippen molar-refractivity contribution < 1.29 is 0 Å². The number of aromatic amines is 1. The van der Waals surface area contributed by atoms with Crippen molar-refractivity contribution in [2.24, 2.45) is 0 Å². The van der Waals surface area contributed by atoms with Gasteiger partial charge in [0.05, 0.1) is 11.6 Å². The van der Waals surface area contributed by atoms with E-state index < -0.39 is 5.69 Å². The summed E-state index contributed by atoms with van der Waals surface area (Å²) in [5.74, 6) is 0. The highest BCUT2D eigenvalue weighted by Gasteiger charge is 2.27. The Morgan fingerprint density at radius 3 is 2.85 bits per heavy atom. The molecule has 1 aliphatic carbocycles. The summed E-state index contributed by atoms with van der Waals surface area (Å²) in [6.45, 7) is 1.86. The molecule has 3 rings (SSSR count). The maximum atomic E-state index is 12.5. The van der Waals surface area contributed by atoms with Crippen LogP contribution >= 0.6 is 11.6 Å². The first-order valence-corrected chi connectivity index (χ1v) is 7.12. The van der Waals surface area contributed by atoms with Crippen LogP contribution in [0.1, 0.15) is 36.1 Å². The van der Waals surface area contributed by atoms with Crippen molar-refractivity contribution in [3.05, 3.63) is 66.9 Å². The number of halogens is 1. The number of hydrogen-bond acceptors (Lipinski definition) is 2. The Kier molecular flexibility index (Phi) is 3.26. The van der Waals surface area contributed by atoms with Crippen molar-refractivity contribution in [1.82, 2.24) is 9.55 Å². The molecule has 0 saturated heterocycles. The molecule has 0 amide bonds. The Morgan fingerprint density at radius 1 is 1.35 bits per heavy atom. The van der Waals surface area contributed by atoms with Crippen LogP contribution in [0.5, 0.6) is 0 Å². The van der Waals surface area contributed by atoms with E-state index in [-0.39, 0.29) is 16.8 Å². The monoisotopic (exact) mass is 290 g/mol. The molecule has 1 unspecified atom stereocenters. The zero-order chi connectivity index (χ0) is 14.3. The molecule has 0 radical (unpaired) electrons. The minimum atomic E-state index is -0.432. The number of nitrogens with one attached hydrogen (secondary N) is 1. The van der Waals surface area contributed by atoms with E-state index in [1.54, 1.807) is 0 Å². The normalized spacial score (nSPS) is 17.2. The lowest BCUT2D eigenvalue weighted by atomic mass is 10.1. The summed E-state index contributed by atoms with van der Waals surface area (Å²) in [7, 11) is 0. The van der Waals surface area contributed by atoms with Gasteiger partial charge in [0.25, 0.3) is 5.56 Å². The quantitative estimate of drug-likeness (QED) is 0.863. The van der Waals surface area contributed by atoms with Gasteiger partial charge in [0.15, 0.2) is 0 Å². The second-order valence-corrected chi connectivity index (χ2v) is 5.38. The minimum Gasteiger partial charge on any atom is -0.297 e. The molecule has 1 N–H and O–H groups in total. The van der Waals surface area contributed by atoms with Crippen LogP contribution in [0.4, 0.5) is 0 Å². The van der Waals surface area contributed by atoms with Gasteiger partial charge in [0, 0.05) is 0 Å². The largest absolute Gasteiger partial charge is 0.330 e. The van der Waals surface area contributed by atoms with E-state index in [1.807, 2.05) is 31.2 Å². The zero-order valence-corrected chi connectivity index (χ0v) is 11.9. The van der Waals surface area contributed by atoms with Crippen LogP contribution in [0.25, 0.3) is 0 Å². The van der Waals surface area contributed by atoms with Crippen LogP contribution in [-0.4, -0.2) is 9.55 Å². The highest BCUT2D eigenvalue weighted by molar-refractivity contribution is 6.30. The maximum Gasteiger partial charge on any atom is 0.330 e. The summed E-state index contributed by atoms with van der Waals surface area (Å²) < 4.78 is 1.32. The van der Waals surface area contributed by atoms with Gasteiger partial charge in [-0.3, -0.25) is 14.3 Å². The highest BCUT2D eigenvalue weighted by atomic mass is 35.5. The molecule has 4 nitrogen and oxygen atoms in total. The molecule has 1 aromatic heterocycles. The van der Waals surface area contributed by atoms with Crippen molar-refractivity contribution in [2.75, 3.05) is 0 Å². The lowest BCUT2D eigenvalue weighted by molar-refractivity contribution is 0.528. The first-order chi connectivity index (χ1) is 9.63. The second kappa shape index (κ2) is 4.94. The molecule has 0 saturated carbocycles. The minimum absolute atomic E-state index is 0.157. The van der Waals surface area contributed by atoms with E-state index >= 15 is 0 Å². The standard InChI is InChI=1S/C15H15ClN2O2/c1-2-10-13(16)17-15(20)18(14(10)19)12-8-7-9-5-3-4-6-11(9)12/h3-6,12H,2,7-8H2,1H3,(H,17,20). The van der Waals surface area contributed by atoms with Crippen LogP contribution in [0.15, 0.2) is 33.9 Å². The fourth-order valence-corrected chi connectivity index (χ4v) is 3.25. The van der Waals surface area contributed by atoms with Crippen molar-refractivity contribution in [3.63, 3.8) is 0 Å². The van der Waals surface area contributed by atoms with Crippen LogP contribution in [0.3, 0.4) is 0 Å². The van der Waals surface area contributed by atoms with E-state index in [0.29, 0.717) is 12.0 Å². The summed E-state index contributed by atoms with van der Waals surface area (Å²) in [5.41, 5.74) is 2.03. The third-order valence-corrected chi connectivity index (χ3v) is 4.27. The molecule has 1 heterocycles. The van der Waals surface area contributed by atoms with Crippen LogP contribution < -0.4 is 11.2 Å². The van der Waals surface area contributed by atoms with Gasteiger partial charge in [-0.15, -0.1) is 0 Å². The molecule has 20 heavy (non-hydrogen) atoms. The predicted molar refractivity (Wildman–Crippen MR) is 78.6 cm³/mol. The number of nitrogens with zero attached hydrogens (tertiary/aromatic N) is 1. The van der Waals surface area contributed by atoms with Gasteiger partial charge in [-0.2, -0.15) is 0 Å². The van der Waals surface area contributed by atoms with Gasteiger partial charge in [-0.05, 0) is 30.4 Å². The van der Waals surface area contributed by atoms with E-state index in [0.717, 1.165) is 18.4 Å². The van der Waals surface area contributed by atoms with Gasteiger partial charge in [-0.1, -0.05) is 42.8 Å². The van der Waals surface area contributed by atoms with Crippen LogP contribution in [-0.2, 0) is 12.8 Å². The Balaban J connectivity index is 2.23. The Morgan fingerprint density at radius 2 is 2.10 bits per heavy atom. The molecule has 2 aromatic rings. The zero-order valence-electron chi connectivity index (χ0n) is 11.1. The summed E-state index contributed by atoms with van der Waals surface area (Å²) in [6.07, 6.45) is 2.16. The Hall–Kier alpha value is -1.81.